The van der Waals surface area contributed by atoms with Crippen LogP contribution < -0.4 is 15.8 Å². The average Bonchev–Trinajstić information content (AvgIpc) is 3.28. The lowest BCUT2D eigenvalue weighted by Crippen LogP contribution is -2.38. The summed E-state index contributed by atoms with van der Waals surface area (Å²) in [5.41, 5.74) is 8.26. The first-order valence-electron chi connectivity index (χ1n) is 12.0. The van der Waals surface area contributed by atoms with E-state index in [4.69, 9.17) is 15.2 Å². The van der Waals surface area contributed by atoms with Crippen molar-refractivity contribution in [3.63, 3.8) is 0 Å². The summed E-state index contributed by atoms with van der Waals surface area (Å²) in [7, 11) is 1.70. The second-order valence-electron chi connectivity index (χ2n) is 8.91. The Hall–Kier alpha value is -4.83. The van der Waals surface area contributed by atoms with Gasteiger partial charge >= 0.3 is 0 Å². The number of likely N-dealkylation sites (N-methyl/N-ethyl adjacent to an activating group) is 1. The number of hydrogen-bond acceptors (Lipinski definition) is 9. The van der Waals surface area contributed by atoms with E-state index >= 15 is 0 Å². The Bertz CT molecular complexity index is 1490. The molecule has 3 N–H and O–H groups in total. The highest BCUT2D eigenvalue weighted by atomic mass is 16.5. The molecule has 38 heavy (non-hydrogen) atoms. The Morgan fingerprint density at radius 1 is 1.11 bits per heavy atom. The van der Waals surface area contributed by atoms with Crippen molar-refractivity contribution in [2.45, 2.75) is 12.7 Å². The van der Waals surface area contributed by atoms with Crippen LogP contribution in [-0.2, 0) is 20.9 Å². The number of amides is 1. The molecule has 1 aliphatic heterocycles. The molecular weight excluding hydrogens is 484 g/mol. The number of nitrogens with one attached hydrogen (secondary N) is 1. The molecule has 192 valence electrons. The van der Waals surface area contributed by atoms with Crippen LogP contribution in [0.1, 0.15) is 11.3 Å². The molecule has 0 spiro atoms. The lowest BCUT2D eigenvalue weighted by molar-refractivity contribution is -0.123. The maximum absolute atomic E-state index is 12.5. The number of nitrogens with two attached hydrogens (primary N) is 1. The fourth-order valence-corrected chi connectivity index (χ4v) is 4.05. The zero-order valence-electron chi connectivity index (χ0n) is 20.7. The third-order valence-corrected chi connectivity index (χ3v) is 5.90. The van der Waals surface area contributed by atoms with E-state index in [1.54, 1.807) is 24.2 Å². The topological polar surface area (TPSA) is 133 Å². The first-order chi connectivity index (χ1) is 18.4. The van der Waals surface area contributed by atoms with Gasteiger partial charge in [0.25, 0.3) is 0 Å². The summed E-state index contributed by atoms with van der Waals surface area (Å²) in [6.07, 6.45) is 3.75. The van der Waals surface area contributed by atoms with Crippen LogP contribution in [0.5, 0.6) is 5.75 Å². The van der Waals surface area contributed by atoms with Crippen LogP contribution in [0.25, 0.3) is 16.7 Å². The third kappa shape index (κ3) is 5.93. The van der Waals surface area contributed by atoms with Crippen LogP contribution in [0.15, 0.2) is 79.3 Å². The van der Waals surface area contributed by atoms with E-state index in [0.29, 0.717) is 34.8 Å². The molecule has 5 rings (SSSR count). The zero-order valence-corrected chi connectivity index (χ0v) is 20.7. The number of nitrogens with zero attached hydrogens (tertiary/aromatic N) is 4. The quantitative estimate of drug-likeness (QED) is 0.330. The summed E-state index contributed by atoms with van der Waals surface area (Å²) in [5, 5.41) is 4.03. The number of benzene rings is 2. The SMILES string of the molecule is CN(CC(N)=O)CC1OC(c2cc3c(Nc4ccc(OCc5ccccc5)cc4)ncnc3cn2)=CC1=O. The molecule has 0 fully saturated rings. The second kappa shape index (κ2) is 11.1. The summed E-state index contributed by atoms with van der Waals surface area (Å²) in [4.78, 5) is 38.4. The summed E-state index contributed by atoms with van der Waals surface area (Å²) in [5.74, 6) is 1.01. The summed E-state index contributed by atoms with van der Waals surface area (Å²) in [6.45, 7) is 0.752. The smallest absolute Gasteiger partial charge is 0.231 e. The molecule has 10 nitrogen and oxygen atoms in total. The van der Waals surface area contributed by atoms with Gasteiger partial charge in [-0.15, -0.1) is 0 Å². The Kier molecular flexibility index (Phi) is 7.23. The largest absolute Gasteiger partial charge is 0.489 e. The van der Waals surface area contributed by atoms with Gasteiger partial charge in [0.05, 0.1) is 18.3 Å². The molecule has 1 unspecified atom stereocenters. The lowest BCUT2D eigenvalue weighted by atomic mass is 10.2. The normalized spacial score (nSPS) is 14.8. The number of hydrogen-bond donors (Lipinski definition) is 2. The van der Waals surface area contributed by atoms with Crippen molar-refractivity contribution in [2.24, 2.45) is 5.73 Å². The number of carbonyl (C=O) groups is 2. The van der Waals surface area contributed by atoms with Gasteiger partial charge in [-0.25, -0.2) is 9.97 Å². The third-order valence-electron chi connectivity index (χ3n) is 5.90. The van der Waals surface area contributed by atoms with Crippen molar-refractivity contribution < 1.29 is 19.1 Å². The molecule has 1 atom stereocenters. The van der Waals surface area contributed by atoms with Gasteiger partial charge in [0.1, 0.15) is 36.0 Å². The van der Waals surface area contributed by atoms with Crippen LogP contribution in [-0.4, -0.2) is 57.8 Å². The monoisotopic (exact) mass is 510 g/mol. The first kappa shape index (κ1) is 24.8. The van der Waals surface area contributed by atoms with E-state index in [9.17, 15) is 9.59 Å². The van der Waals surface area contributed by atoms with Crippen LogP contribution in [0, 0.1) is 0 Å². The number of rotatable bonds is 10. The van der Waals surface area contributed by atoms with E-state index in [0.717, 1.165) is 17.0 Å². The predicted octanol–water partition coefficient (Wildman–Crippen LogP) is 3.07. The number of fused-ring (bicyclic) bond motifs is 1. The van der Waals surface area contributed by atoms with Crippen LogP contribution in [0.3, 0.4) is 0 Å². The zero-order chi connectivity index (χ0) is 26.5. The highest BCUT2D eigenvalue weighted by Crippen LogP contribution is 2.29. The molecule has 0 radical (unpaired) electrons. The van der Waals surface area contributed by atoms with Gasteiger partial charge in [0, 0.05) is 23.7 Å². The van der Waals surface area contributed by atoms with Crippen LogP contribution >= 0.6 is 0 Å². The highest BCUT2D eigenvalue weighted by Gasteiger charge is 2.30. The molecule has 2 aromatic heterocycles. The molecule has 0 saturated carbocycles. The van der Waals surface area contributed by atoms with E-state index < -0.39 is 12.0 Å². The summed E-state index contributed by atoms with van der Waals surface area (Å²) in [6, 6.07) is 19.3. The molecule has 10 heteroatoms. The fraction of sp³-hybridized carbons (Fsp3) is 0.179. The molecule has 1 amide bonds. The Morgan fingerprint density at radius 2 is 1.89 bits per heavy atom. The number of primary amides is 1. The van der Waals surface area contributed by atoms with Crippen molar-refractivity contribution in [2.75, 3.05) is 25.5 Å². The predicted molar refractivity (Wildman–Crippen MR) is 142 cm³/mol. The Labute approximate surface area is 219 Å². The minimum atomic E-state index is -0.737. The van der Waals surface area contributed by atoms with Gasteiger partial charge < -0.3 is 20.5 Å². The van der Waals surface area contributed by atoms with E-state index in [1.807, 2.05) is 54.6 Å². The number of carbonyl (C=O) groups excluding carboxylic acids is 2. The van der Waals surface area contributed by atoms with Gasteiger partial charge in [-0.2, -0.15) is 0 Å². The fourth-order valence-electron chi connectivity index (χ4n) is 4.05. The second-order valence-corrected chi connectivity index (χ2v) is 8.91. The highest BCUT2D eigenvalue weighted by molar-refractivity contribution is 6.03. The van der Waals surface area contributed by atoms with Crippen molar-refractivity contribution in [1.82, 2.24) is 19.9 Å². The minimum absolute atomic E-state index is 0.0309. The number of ether oxygens (including phenoxy) is 2. The molecule has 4 aromatic rings. The Morgan fingerprint density at radius 3 is 2.66 bits per heavy atom. The summed E-state index contributed by atoms with van der Waals surface area (Å²) >= 11 is 0. The van der Waals surface area contributed by atoms with Crippen molar-refractivity contribution in [3.05, 3.63) is 90.5 Å². The Balaban J connectivity index is 1.29. The van der Waals surface area contributed by atoms with Gasteiger partial charge in [-0.1, -0.05) is 30.3 Å². The van der Waals surface area contributed by atoms with E-state index in [-0.39, 0.29) is 18.9 Å². The first-order valence-corrected chi connectivity index (χ1v) is 12.0. The standard InChI is InChI=1S/C28H26N6O4/c1-34(15-27(29)36)14-26-24(35)12-25(38-26)22-11-21-23(13-30-22)31-17-32-28(21)33-19-7-9-20(10-8-19)37-16-18-5-3-2-4-6-18/h2-13,17,26H,14-16H2,1H3,(H2,29,36)(H,31,32,33). The molecule has 2 aromatic carbocycles. The molecule has 0 bridgehead atoms. The molecule has 0 aliphatic carbocycles. The van der Waals surface area contributed by atoms with Crippen LogP contribution in [0.2, 0.25) is 0 Å². The van der Waals surface area contributed by atoms with Gasteiger partial charge in [0.2, 0.25) is 11.7 Å². The number of aromatic nitrogens is 3. The number of pyridine rings is 1. The number of anilines is 2. The van der Waals surface area contributed by atoms with Gasteiger partial charge in [0.15, 0.2) is 6.10 Å². The van der Waals surface area contributed by atoms with E-state index in [1.165, 1.54) is 12.4 Å². The van der Waals surface area contributed by atoms with Crippen LogP contribution in [0.4, 0.5) is 11.5 Å². The molecular formula is C28H26N6O4. The maximum Gasteiger partial charge on any atom is 0.231 e. The molecule has 3 heterocycles. The van der Waals surface area contributed by atoms with E-state index in [2.05, 4.69) is 20.3 Å². The van der Waals surface area contributed by atoms with Gasteiger partial charge in [-0.05, 0) is 42.9 Å². The summed E-state index contributed by atoms with van der Waals surface area (Å²) < 4.78 is 11.7. The maximum atomic E-state index is 12.5. The average molecular weight is 511 g/mol. The number of ketones is 1. The molecule has 0 saturated heterocycles. The lowest BCUT2D eigenvalue weighted by Gasteiger charge is -2.19. The molecule has 1 aliphatic rings. The van der Waals surface area contributed by atoms with Crippen molar-refractivity contribution >= 4 is 39.9 Å². The van der Waals surface area contributed by atoms with Crippen molar-refractivity contribution in [1.29, 1.82) is 0 Å². The minimum Gasteiger partial charge on any atom is -0.489 e. The van der Waals surface area contributed by atoms with Crippen molar-refractivity contribution in [3.8, 4) is 5.75 Å². The van der Waals surface area contributed by atoms with Gasteiger partial charge in [-0.3, -0.25) is 19.5 Å².